The number of rotatable bonds is 2. The highest BCUT2D eigenvalue weighted by atomic mass is 16.5. The predicted octanol–water partition coefficient (Wildman–Crippen LogP) is 2.23. The Kier molecular flexibility index (Phi) is 3.65. The van der Waals surface area contributed by atoms with Gasteiger partial charge in [-0.3, -0.25) is 4.79 Å². The number of likely N-dealkylation sites (tertiary alicyclic amines) is 1. The first kappa shape index (κ1) is 14.3. The van der Waals surface area contributed by atoms with Crippen molar-refractivity contribution >= 4 is 11.5 Å². The normalized spacial score (nSPS) is 23.6. The molecule has 1 aliphatic rings. The largest absolute Gasteiger partial charge is 0.374 e. The third-order valence-corrected chi connectivity index (χ3v) is 3.98. The lowest BCUT2D eigenvalue weighted by Gasteiger charge is -2.31. The Morgan fingerprint density at radius 3 is 2.45 bits per heavy atom. The first-order valence-electron chi connectivity index (χ1n) is 6.45. The van der Waals surface area contributed by atoms with Gasteiger partial charge in [0.05, 0.1) is 16.7 Å². The van der Waals surface area contributed by atoms with Crippen molar-refractivity contribution in [2.75, 3.05) is 14.2 Å². The summed E-state index contributed by atoms with van der Waals surface area (Å²) < 4.78 is 5.51. The minimum Gasteiger partial charge on any atom is -0.374 e. The van der Waals surface area contributed by atoms with Crippen molar-refractivity contribution < 1.29 is 9.53 Å². The van der Waals surface area contributed by atoms with Gasteiger partial charge in [-0.25, -0.2) is 0 Å². The predicted molar refractivity (Wildman–Crippen MR) is 76.6 cm³/mol. The number of hydrogen-bond acceptors (Lipinski definition) is 3. The Balaban J connectivity index is 2.67. The van der Waals surface area contributed by atoms with Crippen molar-refractivity contribution in [3.05, 3.63) is 41.5 Å². The van der Waals surface area contributed by atoms with Crippen molar-refractivity contribution in [3.8, 4) is 6.07 Å². The van der Waals surface area contributed by atoms with Gasteiger partial charge in [0.2, 0.25) is 0 Å². The van der Waals surface area contributed by atoms with Crippen LogP contribution in [0.3, 0.4) is 0 Å². The summed E-state index contributed by atoms with van der Waals surface area (Å²) in [5.41, 5.74) is 1.10. The molecule has 1 aromatic carbocycles. The highest BCUT2D eigenvalue weighted by Crippen LogP contribution is 2.38. The van der Waals surface area contributed by atoms with E-state index in [1.165, 1.54) is 0 Å². The van der Waals surface area contributed by atoms with Crippen LogP contribution in [0.15, 0.2) is 35.9 Å². The molecule has 0 bridgehead atoms. The topological polar surface area (TPSA) is 53.3 Å². The maximum absolute atomic E-state index is 12.5. The summed E-state index contributed by atoms with van der Waals surface area (Å²) in [5, 5.41) is 9.49. The van der Waals surface area contributed by atoms with Gasteiger partial charge in [-0.15, -0.1) is 0 Å². The summed E-state index contributed by atoms with van der Waals surface area (Å²) >= 11 is 0. The Hall–Kier alpha value is -2.12. The number of hydrogen-bond donors (Lipinski definition) is 0. The number of benzene rings is 1. The minimum absolute atomic E-state index is 0.151. The molecule has 1 unspecified atom stereocenters. The second-order valence-corrected chi connectivity index (χ2v) is 5.40. The van der Waals surface area contributed by atoms with E-state index < -0.39 is 11.6 Å². The van der Waals surface area contributed by atoms with Crippen molar-refractivity contribution in [2.45, 2.75) is 25.5 Å². The second-order valence-electron chi connectivity index (χ2n) is 5.40. The molecule has 1 atom stereocenters. The minimum atomic E-state index is -0.474. The lowest BCUT2D eigenvalue weighted by atomic mass is 9.91. The first-order valence-corrected chi connectivity index (χ1v) is 6.45. The van der Waals surface area contributed by atoms with Crippen LogP contribution in [0.5, 0.6) is 0 Å². The number of carbonyl (C=O) groups excluding carboxylic acids is 1. The van der Waals surface area contributed by atoms with Gasteiger partial charge in [-0.1, -0.05) is 30.3 Å². The van der Waals surface area contributed by atoms with Gasteiger partial charge in [-0.2, -0.15) is 5.26 Å². The zero-order chi connectivity index (χ0) is 14.9. The molecule has 1 aliphatic heterocycles. The van der Waals surface area contributed by atoms with Gasteiger partial charge in [0, 0.05) is 14.2 Å². The zero-order valence-corrected chi connectivity index (χ0v) is 12.2. The molecular weight excluding hydrogens is 252 g/mol. The number of nitrogens with zero attached hydrogens (tertiary/aromatic N) is 2. The molecule has 4 nitrogen and oxygen atoms in total. The van der Waals surface area contributed by atoms with E-state index in [4.69, 9.17) is 4.74 Å². The highest BCUT2D eigenvalue weighted by Gasteiger charge is 2.50. The molecule has 1 aromatic rings. The Morgan fingerprint density at radius 2 is 1.95 bits per heavy atom. The summed E-state index contributed by atoms with van der Waals surface area (Å²) in [6, 6.07) is 11.4. The fraction of sp³-hybridized carbons (Fsp3) is 0.375. The third-order valence-electron chi connectivity index (χ3n) is 3.98. The molecule has 104 valence electrons. The van der Waals surface area contributed by atoms with Crippen LogP contribution in [-0.4, -0.2) is 36.6 Å². The Labute approximate surface area is 119 Å². The number of carbonyl (C=O) groups is 1. The van der Waals surface area contributed by atoms with Crippen LogP contribution in [0.2, 0.25) is 0 Å². The summed E-state index contributed by atoms with van der Waals surface area (Å²) in [4.78, 5) is 14.1. The monoisotopic (exact) mass is 270 g/mol. The molecule has 0 radical (unpaired) electrons. The van der Waals surface area contributed by atoms with Crippen molar-refractivity contribution in [1.82, 2.24) is 4.90 Å². The third kappa shape index (κ3) is 2.00. The molecule has 2 rings (SSSR count). The smallest absolute Gasteiger partial charge is 0.254 e. The van der Waals surface area contributed by atoms with E-state index in [9.17, 15) is 10.1 Å². The van der Waals surface area contributed by atoms with E-state index in [1.807, 2.05) is 44.2 Å². The van der Waals surface area contributed by atoms with E-state index in [0.717, 1.165) is 5.56 Å². The van der Waals surface area contributed by atoms with Gasteiger partial charge in [0.15, 0.2) is 0 Å². The second kappa shape index (κ2) is 5.10. The average Bonchev–Trinajstić information content (AvgIpc) is 2.62. The number of amides is 1. The lowest BCUT2D eigenvalue weighted by molar-refractivity contribution is -0.126. The van der Waals surface area contributed by atoms with Crippen LogP contribution in [0, 0.1) is 11.3 Å². The summed E-state index contributed by atoms with van der Waals surface area (Å²) in [6.45, 7) is 3.87. The number of allylic oxidation sites excluding steroid dienone is 1. The molecule has 0 saturated carbocycles. The van der Waals surface area contributed by atoms with Crippen molar-refractivity contribution in [2.24, 2.45) is 0 Å². The Morgan fingerprint density at radius 1 is 1.35 bits per heavy atom. The van der Waals surface area contributed by atoms with Crippen LogP contribution < -0.4 is 0 Å². The fourth-order valence-electron chi connectivity index (χ4n) is 2.61. The lowest BCUT2D eigenvalue weighted by Crippen LogP contribution is -2.44. The van der Waals surface area contributed by atoms with Gasteiger partial charge in [-0.05, 0) is 19.4 Å². The first-order chi connectivity index (χ1) is 9.45. The van der Waals surface area contributed by atoms with Gasteiger partial charge in [0.25, 0.3) is 5.91 Å². The van der Waals surface area contributed by atoms with E-state index in [2.05, 4.69) is 6.07 Å². The van der Waals surface area contributed by atoms with Crippen LogP contribution in [0.4, 0.5) is 0 Å². The van der Waals surface area contributed by atoms with E-state index in [-0.39, 0.29) is 5.91 Å². The van der Waals surface area contributed by atoms with Crippen LogP contribution in [0.25, 0.3) is 5.57 Å². The molecule has 4 heteroatoms. The number of likely N-dealkylation sites (N-methyl/N-ethyl adjacent to an activating group) is 1. The van der Waals surface area contributed by atoms with Gasteiger partial charge >= 0.3 is 0 Å². The van der Waals surface area contributed by atoms with Crippen molar-refractivity contribution in [1.29, 1.82) is 5.26 Å². The standard InChI is InChI=1S/C16H18N2O2/c1-16(2)14(20-4)13(15(19)18(16)3)12(10-17)11-8-6-5-7-9-11/h5-9,14H,1-4H3/b13-12+. The SMILES string of the molecule is COC1/C(=C(/C#N)c2ccccc2)C(=O)N(C)C1(C)C. The highest BCUT2D eigenvalue weighted by molar-refractivity contribution is 6.07. The quantitative estimate of drug-likeness (QED) is 0.611. The summed E-state index contributed by atoms with van der Waals surface area (Å²) in [5.74, 6) is -0.151. The molecule has 1 saturated heterocycles. The summed E-state index contributed by atoms with van der Waals surface area (Å²) in [7, 11) is 3.31. The molecule has 1 heterocycles. The fourth-order valence-corrected chi connectivity index (χ4v) is 2.61. The number of nitriles is 1. The van der Waals surface area contributed by atoms with E-state index in [0.29, 0.717) is 11.1 Å². The maximum Gasteiger partial charge on any atom is 0.254 e. The van der Waals surface area contributed by atoms with E-state index >= 15 is 0 Å². The molecule has 1 amide bonds. The Bertz CT molecular complexity index is 597. The number of methoxy groups -OCH3 is 1. The van der Waals surface area contributed by atoms with Crippen molar-refractivity contribution in [3.63, 3.8) is 0 Å². The van der Waals surface area contributed by atoms with Crippen LogP contribution in [0.1, 0.15) is 19.4 Å². The molecule has 1 fully saturated rings. The molecule has 0 aromatic heterocycles. The maximum atomic E-state index is 12.5. The molecule has 0 N–H and O–H groups in total. The number of ether oxygens (including phenoxy) is 1. The van der Waals surface area contributed by atoms with Crippen LogP contribution in [-0.2, 0) is 9.53 Å². The molecular formula is C16H18N2O2. The van der Waals surface area contributed by atoms with E-state index in [1.54, 1.807) is 19.1 Å². The van der Waals surface area contributed by atoms with Crippen LogP contribution >= 0.6 is 0 Å². The zero-order valence-electron chi connectivity index (χ0n) is 12.2. The summed E-state index contributed by atoms with van der Waals surface area (Å²) in [6.07, 6.45) is -0.421. The average molecular weight is 270 g/mol. The molecule has 0 spiro atoms. The van der Waals surface area contributed by atoms with Gasteiger partial charge in [0.1, 0.15) is 12.2 Å². The van der Waals surface area contributed by atoms with Gasteiger partial charge < -0.3 is 9.64 Å². The molecule has 0 aliphatic carbocycles. The molecule has 20 heavy (non-hydrogen) atoms.